The second-order valence-corrected chi connectivity index (χ2v) is 7.96. The molecule has 0 aromatic heterocycles. The molecular formula is C19H20N2O6S. The fraction of sp³-hybridized carbons (Fsp3) is 0.263. The van der Waals surface area contributed by atoms with Crippen molar-refractivity contribution >= 4 is 21.7 Å². The van der Waals surface area contributed by atoms with Crippen LogP contribution in [0.5, 0.6) is 11.5 Å². The van der Waals surface area contributed by atoms with Crippen LogP contribution >= 0.6 is 0 Å². The fourth-order valence-electron chi connectivity index (χ4n) is 2.60. The average Bonchev–Trinajstić information content (AvgIpc) is 3.14. The number of ketones is 1. The highest BCUT2D eigenvalue weighted by atomic mass is 32.2. The Balaban J connectivity index is 1.48. The minimum absolute atomic E-state index is 0.0130. The van der Waals surface area contributed by atoms with Crippen LogP contribution in [0.3, 0.4) is 0 Å². The standard InChI is InChI=1S/C19H20N2O6S/c1-13(22)15-3-2-4-16(10-15)28(24,25)21-8-7-19(23)20-11-14-5-6-17-18(9-14)27-12-26-17/h2-6,9-10,21H,7-8,11-12H2,1H3,(H,20,23). The molecule has 0 spiro atoms. The van der Waals surface area contributed by atoms with Gasteiger partial charge in [-0.15, -0.1) is 0 Å². The number of Topliss-reactive ketones (excluding diaryl/α,β-unsaturated/α-hetero) is 1. The van der Waals surface area contributed by atoms with Crippen LogP contribution in [-0.4, -0.2) is 33.4 Å². The van der Waals surface area contributed by atoms with E-state index in [1.807, 2.05) is 6.07 Å². The predicted octanol–water partition coefficient (Wildman–Crippen LogP) is 1.60. The molecule has 8 nitrogen and oxygen atoms in total. The number of amides is 1. The summed E-state index contributed by atoms with van der Waals surface area (Å²) < 4.78 is 37.5. The van der Waals surface area contributed by atoms with Crippen molar-refractivity contribution in [3.63, 3.8) is 0 Å². The van der Waals surface area contributed by atoms with Gasteiger partial charge in [0, 0.05) is 25.1 Å². The second-order valence-electron chi connectivity index (χ2n) is 6.20. The van der Waals surface area contributed by atoms with Crippen LogP contribution in [0.15, 0.2) is 47.4 Å². The van der Waals surface area contributed by atoms with E-state index in [-0.39, 0.29) is 36.3 Å². The van der Waals surface area contributed by atoms with Gasteiger partial charge >= 0.3 is 0 Å². The molecule has 1 aliphatic heterocycles. The maximum Gasteiger partial charge on any atom is 0.240 e. The molecule has 148 valence electrons. The van der Waals surface area contributed by atoms with Crippen molar-refractivity contribution in [2.24, 2.45) is 0 Å². The molecule has 28 heavy (non-hydrogen) atoms. The molecule has 1 aliphatic rings. The highest BCUT2D eigenvalue weighted by Crippen LogP contribution is 2.32. The van der Waals surface area contributed by atoms with Gasteiger partial charge in [0.25, 0.3) is 0 Å². The molecule has 0 saturated heterocycles. The number of fused-ring (bicyclic) bond motifs is 1. The van der Waals surface area contributed by atoms with Gasteiger partial charge < -0.3 is 14.8 Å². The second kappa shape index (κ2) is 8.41. The first-order chi connectivity index (χ1) is 13.3. The number of sulfonamides is 1. The Labute approximate surface area is 162 Å². The fourth-order valence-corrected chi connectivity index (χ4v) is 3.68. The molecule has 2 aromatic rings. The Bertz CT molecular complexity index is 1000. The molecule has 1 heterocycles. The van der Waals surface area contributed by atoms with Gasteiger partial charge in [0.05, 0.1) is 4.90 Å². The van der Waals surface area contributed by atoms with E-state index in [0.717, 1.165) is 5.56 Å². The molecule has 0 saturated carbocycles. The third kappa shape index (κ3) is 4.87. The lowest BCUT2D eigenvalue weighted by molar-refractivity contribution is -0.121. The quantitative estimate of drug-likeness (QED) is 0.647. The number of rotatable bonds is 8. The predicted molar refractivity (Wildman–Crippen MR) is 101 cm³/mol. The van der Waals surface area contributed by atoms with E-state index in [2.05, 4.69) is 10.0 Å². The Kier molecular flexibility index (Phi) is 5.96. The van der Waals surface area contributed by atoms with Gasteiger partial charge in [-0.3, -0.25) is 9.59 Å². The molecule has 0 atom stereocenters. The Morgan fingerprint density at radius 1 is 1.07 bits per heavy atom. The zero-order valence-corrected chi connectivity index (χ0v) is 16.0. The van der Waals surface area contributed by atoms with Crippen molar-refractivity contribution in [3.05, 3.63) is 53.6 Å². The Morgan fingerprint density at radius 2 is 1.86 bits per heavy atom. The van der Waals surface area contributed by atoms with E-state index in [0.29, 0.717) is 23.6 Å². The lowest BCUT2D eigenvalue weighted by Gasteiger charge is -2.09. The van der Waals surface area contributed by atoms with E-state index in [4.69, 9.17) is 9.47 Å². The number of carbonyl (C=O) groups is 2. The molecule has 0 radical (unpaired) electrons. The van der Waals surface area contributed by atoms with Gasteiger partial charge in [0.15, 0.2) is 17.3 Å². The number of carbonyl (C=O) groups excluding carboxylic acids is 2. The summed E-state index contributed by atoms with van der Waals surface area (Å²) in [5, 5.41) is 2.73. The monoisotopic (exact) mass is 404 g/mol. The van der Waals surface area contributed by atoms with Gasteiger partial charge in [-0.05, 0) is 36.8 Å². The topological polar surface area (TPSA) is 111 Å². The number of nitrogens with one attached hydrogen (secondary N) is 2. The Morgan fingerprint density at radius 3 is 2.64 bits per heavy atom. The molecule has 9 heteroatoms. The van der Waals surface area contributed by atoms with Crippen LogP contribution < -0.4 is 19.5 Å². The highest BCUT2D eigenvalue weighted by Gasteiger charge is 2.16. The molecule has 2 N–H and O–H groups in total. The number of hydrogen-bond acceptors (Lipinski definition) is 6. The van der Waals surface area contributed by atoms with Crippen LogP contribution in [0.1, 0.15) is 29.3 Å². The third-order valence-corrected chi connectivity index (χ3v) is 5.58. The van der Waals surface area contributed by atoms with Crippen LogP contribution in [0.25, 0.3) is 0 Å². The lowest BCUT2D eigenvalue weighted by atomic mass is 10.2. The van der Waals surface area contributed by atoms with E-state index < -0.39 is 10.0 Å². The van der Waals surface area contributed by atoms with Crippen molar-refractivity contribution in [2.45, 2.75) is 24.8 Å². The van der Waals surface area contributed by atoms with Gasteiger partial charge in [0.2, 0.25) is 22.7 Å². The summed E-state index contributed by atoms with van der Waals surface area (Å²) in [4.78, 5) is 23.4. The zero-order valence-electron chi connectivity index (χ0n) is 15.2. The maximum absolute atomic E-state index is 12.3. The van der Waals surface area contributed by atoms with Crippen molar-refractivity contribution in [3.8, 4) is 11.5 Å². The Hall–Kier alpha value is -2.91. The number of ether oxygens (including phenoxy) is 2. The van der Waals surface area contributed by atoms with Gasteiger partial charge in [-0.2, -0.15) is 0 Å². The number of benzene rings is 2. The molecule has 0 bridgehead atoms. The summed E-state index contributed by atoms with van der Waals surface area (Å²) in [6.45, 7) is 1.78. The van der Waals surface area contributed by atoms with Crippen LogP contribution in [0.4, 0.5) is 0 Å². The normalized spacial score (nSPS) is 12.6. The van der Waals surface area contributed by atoms with E-state index >= 15 is 0 Å². The summed E-state index contributed by atoms with van der Waals surface area (Å²) in [6.07, 6.45) is -0.0177. The summed E-state index contributed by atoms with van der Waals surface area (Å²) in [7, 11) is -3.80. The lowest BCUT2D eigenvalue weighted by Crippen LogP contribution is -2.30. The molecule has 0 unspecified atom stereocenters. The summed E-state index contributed by atoms with van der Waals surface area (Å²) in [5.74, 6) is 0.781. The first kappa shape index (κ1) is 19.8. The largest absolute Gasteiger partial charge is 0.454 e. The first-order valence-corrected chi connectivity index (χ1v) is 10.1. The molecule has 0 fully saturated rings. The molecule has 2 aromatic carbocycles. The van der Waals surface area contributed by atoms with E-state index in [1.165, 1.54) is 25.1 Å². The molecule has 1 amide bonds. The molecule has 3 rings (SSSR count). The van der Waals surface area contributed by atoms with Gasteiger partial charge in [-0.25, -0.2) is 13.1 Å². The maximum atomic E-state index is 12.3. The van der Waals surface area contributed by atoms with Crippen molar-refractivity contribution < 1.29 is 27.5 Å². The SMILES string of the molecule is CC(=O)c1cccc(S(=O)(=O)NCCC(=O)NCc2ccc3c(c2)OCO3)c1. The van der Waals surface area contributed by atoms with E-state index in [1.54, 1.807) is 18.2 Å². The van der Waals surface area contributed by atoms with Crippen molar-refractivity contribution in [1.82, 2.24) is 10.0 Å². The summed E-state index contributed by atoms with van der Waals surface area (Å²) in [6, 6.07) is 11.1. The first-order valence-electron chi connectivity index (χ1n) is 8.61. The van der Waals surface area contributed by atoms with E-state index in [9.17, 15) is 18.0 Å². The van der Waals surface area contributed by atoms with Crippen molar-refractivity contribution in [1.29, 1.82) is 0 Å². The smallest absolute Gasteiger partial charge is 0.240 e. The third-order valence-electron chi connectivity index (χ3n) is 4.12. The van der Waals surface area contributed by atoms with Crippen LogP contribution in [0, 0.1) is 0 Å². The van der Waals surface area contributed by atoms with Crippen LogP contribution in [0.2, 0.25) is 0 Å². The van der Waals surface area contributed by atoms with Crippen LogP contribution in [-0.2, 0) is 21.4 Å². The molecule has 0 aliphatic carbocycles. The molecular weight excluding hydrogens is 384 g/mol. The minimum atomic E-state index is -3.80. The average molecular weight is 404 g/mol. The number of hydrogen-bond donors (Lipinski definition) is 2. The highest BCUT2D eigenvalue weighted by molar-refractivity contribution is 7.89. The summed E-state index contributed by atoms with van der Waals surface area (Å²) >= 11 is 0. The van der Waals surface area contributed by atoms with Crippen molar-refractivity contribution in [2.75, 3.05) is 13.3 Å². The summed E-state index contributed by atoms with van der Waals surface area (Å²) in [5.41, 5.74) is 1.16. The van der Waals surface area contributed by atoms with Gasteiger partial charge in [0.1, 0.15) is 0 Å². The minimum Gasteiger partial charge on any atom is -0.454 e. The zero-order chi connectivity index (χ0) is 20.1. The van der Waals surface area contributed by atoms with Gasteiger partial charge in [-0.1, -0.05) is 18.2 Å².